The van der Waals surface area contributed by atoms with Gasteiger partial charge in [-0.1, -0.05) is 13.8 Å². The molecule has 100 valence electrons. The fourth-order valence-electron chi connectivity index (χ4n) is 2.00. The minimum Gasteiger partial charge on any atom is -0.381 e. The van der Waals surface area contributed by atoms with E-state index >= 15 is 0 Å². The number of carbonyl (C=O) groups excluding carboxylic acids is 1. The van der Waals surface area contributed by atoms with Crippen molar-refractivity contribution in [3.8, 4) is 0 Å². The lowest BCUT2D eigenvalue weighted by molar-refractivity contribution is 0.101. The molecule has 0 aromatic heterocycles. The SMILES string of the molecule is CCN(CC)CC(C)Nc1ccc(C(C)=O)cc1. The zero-order valence-corrected chi connectivity index (χ0v) is 11.9. The van der Waals surface area contributed by atoms with Crippen LogP contribution in [0.4, 0.5) is 5.69 Å². The molecule has 1 aromatic carbocycles. The zero-order valence-electron chi connectivity index (χ0n) is 11.9. The number of hydrogen-bond acceptors (Lipinski definition) is 3. The number of hydrogen-bond donors (Lipinski definition) is 1. The van der Waals surface area contributed by atoms with Crippen molar-refractivity contribution in [2.24, 2.45) is 0 Å². The van der Waals surface area contributed by atoms with Crippen LogP contribution in [0.3, 0.4) is 0 Å². The predicted octanol–water partition coefficient (Wildman–Crippen LogP) is 3.03. The predicted molar refractivity (Wildman–Crippen MR) is 77.3 cm³/mol. The summed E-state index contributed by atoms with van der Waals surface area (Å²) in [4.78, 5) is 13.6. The maximum atomic E-state index is 11.2. The van der Waals surface area contributed by atoms with Crippen LogP contribution in [-0.4, -0.2) is 36.4 Å². The Hall–Kier alpha value is -1.35. The van der Waals surface area contributed by atoms with E-state index < -0.39 is 0 Å². The van der Waals surface area contributed by atoms with Crippen LogP contribution in [0.25, 0.3) is 0 Å². The maximum Gasteiger partial charge on any atom is 0.159 e. The van der Waals surface area contributed by atoms with Crippen LogP contribution in [0.1, 0.15) is 38.1 Å². The van der Waals surface area contributed by atoms with Gasteiger partial charge in [-0.2, -0.15) is 0 Å². The van der Waals surface area contributed by atoms with Gasteiger partial charge in [-0.25, -0.2) is 0 Å². The first-order valence-electron chi connectivity index (χ1n) is 6.66. The highest BCUT2D eigenvalue weighted by atomic mass is 16.1. The number of carbonyl (C=O) groups is 1. The Morgan fingerprint density at radius 2 is 1.78 bits per heavy atom. The highest BCUT2D eigenvalue weighted by Gasteiger charge is 2.07. The van der Waals surface area contributed by atoms with E-state index in [0.29, 0.717) is 6.04 Å². The molecule has 0 aliphatic heterocycles. The Morgan fingerprint density at radius 1 is 1.22 bits per heavy atom. The third-order valence-electron chi connectivity index (χ3n) is 3.13. The monoisotopic (exact) mass is 248 g/mol. The summed E-state index contributed by atoms with van der Waals surface area (Å²) in [6, 6.07) is 8.07. The largest absolute Gasteiger partial charge is 0.381 e. The second-order valence-electron chi connectivity index (χ2n) is 4.66. The van der Waals surface area contributed by atoms with Crippen molar-refractivity contribution in [1.29, 1.82) is 0 Å². The number of ketones is 1. The topological polar surface area (TPSA) is 32.3 Å². The second kappa shape index (κ2) is 7.17. The van der Waals surface area contributed by atoms with Gasteiger partial charge in [-0.15, -0.1) is 0 Å². The van der Waals surface area contributed by atoms with E-state index in [4.69, 9.17) is 0 Å². The van der Waals surface area contributed by atoms with Crippen molar-refractivity contribution in [3.05, 3.63) is 29.8 Å². The number of nitrogens with one attached hydrogen (secondary N) is 1. The van der Waals surface area contributed by atoms with Crippen LogP contribution in [-0.2, 0) is 0 Å². The zero-order chi connectivity index (χ0) is 13.5. The fraction of sp³-hybridized carbons (Fsp3) is 0.533. The summed E-state index contributed by atoms with van der Waals surface area (Å²) in [5.74, 6) is 0.109. The average Bonchev–Trinajstić information content (AvgIpc) is 2.36. The minimum atomic E-state index is 0.109. The number of likely N-dealkylation sites (N-methyl/N-ethyl adjacent to an activating group) is 1. The third-order valence-corrected chi connectivity index (χ3v) is 3.13. The van der Waals surface area contributed by atoms with Crippen molar-refractivity contribution >= 4 is 11.5 Å². The van der Waals surface area contributed by atoms with Gasteiger partial charge in [-0.3, -0.25) is 4.79 Å². The van der Waals surface area contributed by atoms with E-state index in [0.717, 1.165) is 30.9 Å². The van der Waals surface area contributed by atoms with E-state index in [1.807, 2.05) is 24.3 Å². The number of benzene rings is 1. The first-order chi connectivity index (χ1) is 8.56. The highest BCUT2D eigenvalue weighted by Crippen LogP contribution is 2.11. The molecule has 0 saturated carbocycles. The summed E-state index contributed by atoms with van der Waals surface area (Å²) in [5, 5.41) is 3.45. The molecule has 0 amide bonds. The molecule has 0 saturated heterocycles. The highest BCUT2D eigenvalue weighted by molar-refractivity contribution is 5.94. The van der Waals surface area contributed by atoms with E-state index in [9.17, 15) is 4.79 Å². The van der Waals surface area contributed by atoms with Crippen molar-refractivity contribution in [2.45, 2.75) is 33.7 Å². The summed E-state index contributed by atoms with van der Waals surface area (Å²) >= 11 is 0. The van der Waals surface area contributed by atoms with Crippen LogP contribution in [0.5, 0.6) is 0 Å². The molecular formula is C15H24N2O. The van der Waals surface area contributed by atoms with E-state index in [1.165, 1.54) is 0 Å². The lowest BCUT2D eigenvalue weighted by Crippen LogP contribution is -2.34. The Kier molecular flexibility index (Phi) is 5.86. The molecule has 1 unspecified atom stereocenters. The lowest BCUT2D eigenvalue weighted by Gasteiger charge is -2.24. The van der Waals surface area contributed by atoms with Gasteiger partial charge in [-0.05, 0) is 51.2 Å². The average molecular weight is 248 g/mol. The fourth-order valence-corrected chi connectivity index (χ4v) is 2.00. The first-order valence-corrected chi connectivity index (χ1v) is 6.66. The molecule has 1 atom stereocenters. The molecule has 0 spiro atoms. The van der Waals surface area contributed by atoms with Crippen molar-refractivity contribution < 1.29 is 4.79 Å². The molecule has 3 heteroatoms. The molecule has 0 bridgehead atoms. The smallest absolute Gasteiger partial charge is 0.159 e. The Morgan fingerprint density at radius 3 is 2.22 bits per heavy atom. The summed E-state index contributed by atoms with van der Waals surface area (Å²) in [7, 11) is 0. The Balaban J connectivity index is 2.53. The number of rotatable bonds is 7. The van der Waals surface area contributed by atoms with Gasteiger partial charge in [0, 0.05) is 23.8 Å². The lowest BCUT2D eigenvalue weighted by atomic mass is 10.1. The van der Waals surface area contributed by atoms with E-state index in [2.05, 4.69) is 31.0 Å². The molecule has 0 heterocycles. The summed E-state index contributed by atoms with van der Waals surface area (Å²) in [5.41, 5.74) is 1.83. The van der Waals surface area contributed by atoms with Crippen LogP contribution in [0.15, 0.2) is 24.3 Å². The van der Waals surface area contributed by atoms with Gasteiger partial charge in [0.15, 0.2) is 5.78 Å². The van der Waals surface area contributed by atoms with Gasteiger partial charge in [0.2, 0.25) is 0 Å². The summed E-state index contributed by atoms with van der Waals surface area (Å²) in [6.45, 7) is 11.3. The second-order valence-corrected chi connectivity index (χ2v) is 4.66. The molecule has 0 radical (unpaired) electrons. The summed E-state index contributed by atoms with van der Waals surface area (Å²) in [6.07, 6.45) is 0. The number of nitrogens with zero attached hydrogens (tertiary/aromatic N) is 1. The molecule has 1 N–H and O–H groups in total. The molecule has 1 rings (SSSR count). The Bertz CT molecular complexity index is 369. The maximum absolute atomic E-state index is 11.2. The molecule has 0 fully saturated rings. The van der Waals surface area contributed by atoms with Crippen LogP contribution in [0.2, 0.25) is 0 Å². The Labute approximate surface area is 110 Å². The van der Waals surface area contributed by atoms with Crippen LogP contribution >= 0.6 is 0 Å². The van der Waals surface area contributed by atoms with Gasteiger partial charge in [0.25, 0.3) is 0 Å². The quantitative estimate of drug-likeness (QED) is 0.753. The third kappa shape index (κ3) is 4.49. The minimum absolute atomic E-state index is 0.109. The van der Waals surface area contributed by atoms with Gasteiger partial charge < -0.3 is 10.2 Å². The molecule has 0 aliphatic rings. The van der Waals surface area contributed by atoms with E-state index in [1.54, 1.807) is 6.92 Å². The van der Waals surface area contributed by atoms with Gasteiger partial charge in [0.1, 0.15) is 0 Å². The standard InChI is InChI=1S/C15H24N2O/c1-5-17(6-2)11-12(3)16-15-9-7-14(8-10-15)13(4)18/h7-10,12,16H,5-6,11H2,1-4H3. The number of anilines is 1. The van der Waals surface area contributed by atoms with Crippen molar-refractivity contribution in [1.82, 2.24) is 4.90 Å². The first kappa shape index (κ1) is 14.7. The molecule has 0 aliphatic carbocycles. The van der Waals surface area contributed by atoms with Gasteiger partial charge >= 0.3 is 0 Å². The molecule has 3 nitrogen and oxygen atoms in total. The van der Waals surface area contributed by atoms with E-state index in [-0.39, 0.29) is 5.78 Å². The van der Waals surface area contributed by atoms with Crippen molar-refractivity contribution in [3.63, 3.8) is 0 Å². The summed E-state index contributed by atoms with van der Waals surface area (Å²) < 4.78 is 0. The molecule has 1 aromatic rings. The molecule has 18 heavy (non-hydrogen) atoms. The normalized spacial score (nSPS) is 12.5. The number of Topliss-reactive ketones (excluding diaryl/α,β-unsaturated/α-hetero) is 1. The van der Waals surface area contributed by atoms with Crippen molar-refractivity contribution in [2.75, 3.05) is 25.0 Å². The van der Waals surface area contributed by atoms with Gasteiger partial charge in [0.05, 0.1) is 0 Å². The van der Waals surface area contributed by atoms with Crippen LogP contribution < -0.4 is 5.32 Å². The molecular weight excluding hydrogens is 224 g/mol. The van der Waals surface area contributed by atoms with Crippen LogP contribution in [0, 0.1) is 0 Å².